The monoisotopic (exact) mass is 343 g/mol. The molecule has 122 valence electrons. The fourth-order valence-corrected chi connectivity index (χ4v) is 4.21. The molecule has 1 aliphatic carbocycles. The molecule has 24 heavy (non-hydrogen) atoms. The molecule has 8 heteroatoms. The van der Waals surface area contributed by atoms with Crippen LogP contribution in [0.5, 0.6) is 5.75 Å². The van der Waals surface area contributed by atoms with E-state index in [4.69, 9.17) is 4.74 Å². The van der Waals surface area contributed by atoms with Crippen molar-refractivity contribution >= 4 is 27.2 Å². The number of nitro benzene ring substituents is 1. The molecule has 3 aromatic rings. The van der Waals surface area contributed by atoms with E-state index in [1.165, 1.54) is 29.1 Å². The number of benzene rings is 1. The third-order valence-corrected chi connectivity index (χ3v) is 5.23. The van der Waals surface area contributed by atoms with Crippen molar-refractivity contribution < 1.29 is 9.66 Å². The summed E-state index contributed by atoms with van der Waals surface area (Å²) >= 11 is 1.58. The van der Waals surface area contributed by atoms with E-state index in [1.807, 2.05) is 0 Å². The Bertz CT molecular complexity index is 991. The van der Waals surface area contributed by atoms with E-state index in [-0.39, 0.29) is 17.9 Å². The Kier molecular flexibility index (Phi) is 3.53. The third kappa shape index (κ3) is 2.54. The normalized spacial score (nSPS) is 13.2. The first kappa shape index (κ1) is 14.8. The highest BCUT2D eigenvalue weighted by atomic mass is 32.1. The molecule has 0 fully saturated rings. The van der Waals surface area contributed by atoms with E-state index in [0.717, 1.165) is 29.7 Å². The lowest BCUT2D eigenvalue weighted by Gasteiger charge is -2.05. The van der Waals surface area contributed by atoms with Gasteiger partial charge in [-0.1, -0.05) is 0 Å². The van der Waals surface area contributed by atoms with E-state index in [1.54, 1.807) is 11.3 Å². The fraction of sp³-hybridized carbons (Fsp3) is 0.250. The highest BCUT2D eigenvalue weighted by molar-refractivity contribution is 7.18. The number of hydrogen-bond acceptors (Lipinski definition) is 6. The summed E-state index contributed by atoms with van der Waals surface area (Å²) in [5.74, 6) is 0.933. The summed E-state index contributed by atoms with van der Waals surface area (Å²) in [6.45, 7) is 0.103. The third-order valence-electron chi connectivity index (χ3n) is 4.05. The van der Waals surface area contributed by atoms with Crippen LogP contribution in [0.3, 0.4) is 0 Å². The molecule has 1 N–H and O–H groups in total. The number of hydrogen-bond donors (Lipinski definition) is 1. The molecule has 2 heterocycles. The van der Waals surface area contributed by atoms with Gasteiger partial charge in [-0.2, -0.15) is 0 Å². The van der Waals surface area contributed by atoms with Crippen molar-refractivity contribution in [3.8, 4) is 5.75 Å². The van der Waals surface area contributed by atoms with Crippen molar-refractivity contribution in [3.05, 3.63) is 61.0 Å². The lowest BCUT2D eigenvalue weighted by Crippen LogP contribution is -2.13. The van der Waals surface area contributed by atoms with E-state index in [0.29, 0.717) is 17.0 Å². The number of aromatic nitrogens is 2. The van der Waals surface area contributed by atoms with E-state index in [2.05, 4.69) is 9.97 Å². The number of fused-ring (bicyclic) bond motifs is 3. The van der Waals surface area contributed by atoms with Crippen molar-refractivity contribution in [1.29, 1.82) is 0 Å². The van der Waals surface area contributed by atoms with Crippen molar-refractivity contribution in [3.63, 3.8) is 0 Å². The molecular weight excluding hydrogens is 330 g/mol. The Balaban J connectivity index is 1.56. The fourth-order valence-electron chi connectivity index (χ4n) is 2.93. The van der Waals surface area contributed by atoms with Crippen LogP contribution in [0, 0.1) is 10.1 Å². The van der Waals surface area contributed by atoms with Gasteiger partial charge in [-0.25, -0.2) is 4.98 Å². The van der Waals surface area contributed by atoms with Crippen LogP contribution in [-0.4, -0.2) is 14.9 Å². The van der Waals surface area contributed by atoms with Gasteiger partial charge in [0.25, 0.3) is 11.2 Å². The van der Waals surface area contributed by atoms with Crippen LogP contribution in [0.2, 0.25) is 0 Å². The zero-order chi connectivity index (χ0) is 16.7. The standard InChI is InChI=1S/C16H13N3O4S/c20-15-14-11-2-1-3-12(11)24-16(14)18-13(17-15)8-23-10-6-4-9(5-7-10)19(21)22/h4-7H,1-3,8H2,(H,17,18,20). The Hall–Kier alpha value is -2.74. The summed E-state index contributed by atoms with van der Waals surface area (Å²) < 4.78 is 5.56. The van der Waals surface area contributed by atoms with E-state index >= 15 is 0 Å². The van der Waals surface area contributed by atoms with Gasteiger partial charge in [-0.15, -0.1) is 11.3 Å². The van der Waals surface area contributed by atoms with E-state index in [9.17, 15) is 14.9 Å². The number of nitro groups is 1. The number of aromatic amines is 1. The second kappa shape index (κ2) is 5.72. The maximum absolute atomic E-state index is 12.3. The zero-order valence-electron chi connectivity index (χ0n) is 12.6. The minimum absolute atomic E-state index is 0.00315. The molecule has 0 aliphatic heterocycles. The van der Waals surface area contributed by atoms with Crippen LogP contribution in [0.1, 0.15) is 22.7 Å². The van der Waals surface area contributed by atoms with Crippen LogP contribution in [0.4, 0.5) is 5.69 Å². The number of nitrogens with one attached hydrogen (secondary N) is 1. The van der Waals surface area contributed by atoms with Crippen LogP contribution in [0.15, 0.2) is 29.1 Å². The van der Waals surface area contributed by atoms with E-state index < -0.39 is 4.92 Å². The second-order valence-corrected chi connectivity index (χ2v) is 6.67. The maximum atomic E-state index is 12.3. The van der Waals surface area contributed by atoms with Crippen molar-refractivity contribution in [2.24, 2.45) is 0 Å². The summed E-state index contributed by atoms with van der Waals surface area (Å²) in [5, 5.41) is 11.3. The maximum Gasteiger partial charge on any atom is 0.269 e. The molecule has 0 saturated heterocycles. The smallest absolute Gasteiger partial charge is 0.269 e. The molecule has 1 aromatic carbocycles. The van der Waals surface area contributed by atoms with Gasteiger partial charge in [0.05, 0.1) is 10.3 Å². The van der Waals surface area contributed by atoms with Gasteiger partial charge < -0.3 is 9.72 Å². The highest BCUT2D eigenvalue weighted by Gasteiger charge is 2.21. The molecule has 0 spiro atoms. The highest BCUT2D eigenvalue weighted by Crippen LogP contribution is 2.34. The van der Waals surface area contributed by atoms with Crippen molar-refractivity contribution in [1.82, 2.24) is 9.97 Å². The largest absolute Gasteiger partial charge is 0.486 e. The Morgan fingerprint density at radius 2 is 2.08 bits per heavy atom. The molecule has 7 nitrogen and oxygen atoms in total. The van der Waals surface area contributed by atoms with Crippen LogP contribution < -0.4 is 10.3 Å². The Morgan fingerprint density at radius 3 is 2.83 bits per heavy atom. The lowest BCUT2D eigenvalue weighted by molar-refractivity contribution is -0.384. The average Bonchev–Trinajstić information content (AvgIpc) is 3.13. The zero-order valence-corrected chi connectivity index (χ0v) is 13.4. The summed E-state index contributed by atoms with van der Waals surface area (Å²) in [4.78, 5) is 31.8. The summed E-state index contributed by atoms with van der Waals surface area (Å²) in [6, 6.07) is 5.79. The first-order valence-electron chi connectivity index (χ1n) is 7.52. The molecule has 0 radical (unpaired) electrons. The topological polar surface area (TPSA) is 98.1 Å². The Morgan fingerprint density at radius 1 is 1.29 bits per heavy atom. The number of aryl methyl sites for hydroxylation is 2. The quantitative estimate of drug-likeness (QED) is 0.580. The van der Waals surface area contributed by atoms with Gasteiger partial charge in [-0.05, 0) is 37.0 Å². The first-order chi connectivity index (χ1) is 11.6. The van der Waals surface area contributed by atoms with Crippen molar-refractivity contribution in [2.45, 2.75) is 25.9 Å². The first-order valence-corrected chi connectivity index (χ1v) is 8.34. The SMILES string of the molecule is O=c1[nH]c(COc2ccc([N+](=O)[O-])cc2)nc2sc3c(c12)CCC3. The number of rotatable bonds is 4. The van der Waals surface area contributed by atoms with Gasteiger partial charge in [0.2, 0.25) is 0 Å². The van der Waals surface area contributed by atoms with Gasteiger partial charge in [0.1, 0.15) is 23.0 Å². The van der Waals surface area contributed by atoms with Crippen LogP contribution in [-0.2, 0) is 19.4 Å². The molecule has 0 unspecified atom stereocenters. The number of H-pyrrole nitrogens is 1. The summed E-state index contributed by atoms with van der Waals surface area (Å²) in [7, 11) is 0. The molecule has 0 bridgehead atoms. The molecule has 1 aliphatic rings. The number of non-ortho nitro benzene ring substituents is 1. The van der Waals surface area contributed by atoms with Crippen molar-refractivity contribution in [2.75, 3.05) is 0 Å². The van der Waals surface area contributed by atoms with Gasteiger partial charge >= 0.3 is 0 Å². The molecule has 4 rings (SSSR count). The Labute approximate surface area is 140 Å². The summed E-state index contributed by atoms with van der Waals surface area (Å²) in [6.07, 6.45) is 3.06. The summed E-state index contributed by atoms with van der Waals surface area (Å²) in [5.41, 5.74) is 1.02. The predicted octanol–water partition coefficient (Wildman–Crippen LogP) is 2.96. The second-order valence-electron chi connectivity index (χ2n) is 5.59. The van der Waals surface area contributed by atoms with Gasteiger partial charge in [-0.3, -0.25) is 14.9 Å². The minimum Gasteiger partial charge on any atom is -0.486 e. The molecule has 0 amide bonds. The minimum atomic E-state index is -0.466. The predicted molar refractivity (Wildman–Crippen MR) is 89.7 cm³/mol. The number of ether oxygens (including phenoxy) is 1. The van der Waals surface area contributed by atoms with Gasteiger partial charge in [0, 0.05) is 17.0 Å². The average molecular weight is 343 g/mol. The lowest BCUT2D eigenvalue weighted by atomic mass is 10.2. The molecule has 2 aromatic heterocycles. The molecule has 0 saturated carbocycles. The number of thiophene rings is 1. The van der Waals surface area contributed by atoms with Gasteiger partial charge in [0.15, 0.2) is 0 Å². The van der Waals surface area contributed by atoms with Crippen LogP contribution in [0.25, 0.3) is 10.2 Å². The number of nitrogens with zero attached hydrogens (tertiary/aromatic N) is 2. The molecular formula is C16H13N3O4S. The molecule has 0 atom stereocenters. The van der Waals surface area contributed by atoms with Crippen LogP contribution >= 0.6 is 11.3 Å².